The van der Waals surface area contributed by atoms with Crippen LogP contribution < -0.4 is 0 Å². The number of carbonyl (C=O) groups is 1. The molecule has 3 rings (SSSR count). The predicted molar refractivity (Wildman–Crippen MR) is 66.2 cm³/mol. The Morgan fingerprint density at radius 2 is 2.18 bits per heavy atom. The maximum atomic E-state index is 10.5. The van der Waals surface area contributed by atoms with E-state index in [1.807, 2.05) is 6.07 Å². The molecule has 0 spiro atoms. The molecule has 0 bridgehead atoms. The molecule has 2 aromatic rings. The van der Waals surface area contributed by atoms with Crippen LogP contribution in [0.5, 0.6) is 0 Å². The van der Waals surface area contributed by atoms with Gasteiger partial charge in [-0.15, -0.1) is 0 Å². The molecule has 0 saturated heterocycles. The van der Waals surface area contributed by atoms with Crippen molar-refractivity contribution in [3.05, 3.63) is 36.0 Å². The molecular weight excluding hydrogens is 214 g/mol. The second-order valence-electron chi connectivity index (χ2n) is 4.74. The van der Waals surface area contributed by atoms with Crippen molar-refractivity contribution in [1.82, 2.24) is 4.57 Å². The van der Waals surface area contributed by atoms with E-state index in [0.717, 1.165) is 5.56 Å². The molecule has 88 valence electrons. The Hall–Kier alpha value is -1.77. The van der Waals surface area contributed by atoms with Gasteiger partial charge >= 0.3 is 5.97 Å². The van der Waals surface area contributed by atoms with Gasteiger partial charge in [0.05, 0.1) is 0 Å². The Kier molecular flexibility index (Phi) is 2.39. The van der Waals surface area contributed by atoms with Gasteiger partial charge in [-0.1, -0.05) is 6.07 Å². The minimum Gasteiger partial charge on any atom is -0.481 e. The molecular formula is C14H15NO2. The molecule has 1 fully saturated rings. The van der Waals surface area contributed by atoms with Crippen LogP contribution in [-0.2, 0) is 11.2 Å². The summed E-state index contributed by atoms with van der Waals surface area (Å²) >= 11 is 0. The molecule has 1 heterocycles. The van der Waals surface area contributed by atoms with E-state index in [2.05, 4.69) is 29.0 Å². The fraction of sp³-hybridized carbons (Fsp3) is 0.357. The van der Waals surface area contributed by atoms with Gasteiger partial charge in [0.15, 0.2) is 0 Å². The number of rotatable bonds is 4. The summed E-state index contributed by atoms with van der Waals surface area (Å²) in [5.41, 5.74) is 2.38. The first kappa shape index (κ1) is 10.4. The first-order valence-electron chi connectivity index (χ1n) is 6.05. The van der Waals surface area contributed by atoms with E-state index < -0.39 is 5.97 Å². The first-order valence-corrected chi connectivity index (χ1v) is 6.05. The summed E-state index contributed by atoms with van der Waals surface area (Å²) in [6, 6.07) is 9.08. The van der Waals surface area contributed by atoms with Crippen LogP contribution in [0.2, 0.25) is 0 Å². The zero-order valence-electron chi connectivity index (χ0n) is 9.60. The molecule has 3 heteroatoms. The van der Waals surface area contributed by atoms with Gasteiger partial charge in [-0.05, 0) is 48.4 Å². The van der Waals surface area contributed by atoms with Crippen molar-refractivity contribution in [1.29, 1.82) is 0 Å². The summed E-state index contributed by atoms with van der Waals surface area (Å²) < 4.78 is 2.33. The minimum atomic E-state index is -0.736. The topological polar surface area (TPSA) is 42.2 Å². The smallest absolute Gasteiger partial charge is 0.303 e. The van der Waals surface area contributed by atoms with E-state index in [9.17, 15) is 4.79 Å². The summed E-state index contributed by atoms with van der Waals surface area (Å²) in [4.78, 5) is 10.5. The normalized spacial score (nSPS) is 15.3. The number of carboxylic acids is 1. The van der Waals surface area contributed by atoms with Crippen molar-refractivity contribution in [2.45, 2.75) is 31.7 Å². The van der Waals surface area contributed by atoms with E-state index >= 15 is 0 Å². The average molecular weight is 229 g/mol. The van der Waals surface area contributed by atoms with Crippen LogP contribution in [-0.4, -0.2) is 15.6 Å². The van der Waals surface area contributed by atoms with Crippen molar-refractivity contribution in [2.24, 2.45) is 0 Å². The fourth-order valence-corrected chi connectivity index (χ4v) is 2.29. The third-order valence-electron chi connectivity index (χ3n) is 3.35. The van der Waals surface area contributed by atoms with Gasteiger partial charge in [-0.2, -0.15) is 0 Å². The van der Waals surface area contributed by atoms with Crippen LogP contribution in [0.1, 0.15) is 30.9 Å². The van der Waals surface area contributed by atoms with Gasteiger partial charge in [-0.25, -0.2) is 0 Å². The molecule has 0 atom stereocenters. The molecule has 17 heavy (non-hydrogen) atoms. The summed E-state index contributed by atoms with van der Waals surface area (Å²) in [6.45, 7) is 0. The lowest BCUT2D eigenvalue weighted by Crippen LogP contribution is -1.97. The number of aliphatic carboxylic acids is 1. The molecule has 1 aromatic carbocycles. The van der Waals surface area contributed by atoms with E-state index in [-0.39, 0.29) is 6.42 Å². The Labute approximate surface area is 99.7 Å². The van der Waals surface area contributed by atoms with Crippen LogP contribution in [0.25, 0.3) is 10.9 Å². The maximum Gasteiger partial charge on any atom is 0.303 e. The maximum absolute atomic E-state index is 10.5. The van der Waals surface area contributed by atoms with Crippen molar-refractivity contribution < 1.29 is 9.90 Å². The van der Waals surface area contributed by atoms with E-state index in [1.54, 1.807) is 0 Å². The minimum absolute atomic E-state index is 0.203. The van der Waals surface area contributed by atoms with Crippen molar-refractivity contribution in [3.63, 3.8) is 0 Å². The van der Waals surface area contributed by atoms with Crippen LogP contribution in [0.4, 0.5) is 0 Å². The van der Waals surface area contributed by atoms with Crippen molar-refractivity contribution in [3.8, 4) is 0 Å². The second-order valence-corrected chi connectivity index (χ2v) is 4.74. The lowest BCUT2D eigenvalue weighted by Gasteiger charge is -2.04. The quantitative estimate of drug-likeness (QED) is 0.875. The molecule has 0 aliphatic heterocycles. The van der Waals surface area contributed by atoms with Crippen molar-refractivity contribution >= 4 is 16.9 Å². The number of aromatic nitrogens is 1. The fourth-order valence-electron chi connectivity index (χ4n) is 2.29. The van der Waals surface area contributed by atoms with E-state index in [4.69, 9.17) is 5.11 Å². The predicted octanol–water partition coefficient (Wildman–Crippen LogP) is 2.99. The molecule has 1 N–H and O–H groups in total. The lowest BCUT2D eigenvalue weighted by atomic mass is 10.1. The highest BCUT2D eigenvalue weighted by atomic mass is 16.4. The van der Waals surface area contributed by atoms with Gasteiger partial charge < -0.3 is 9.67 Å². The average Bonchev–Trinajstić information content (AvgIpc) is 3.07. The van der Waals surface area contributed by atoms with E-state index in [1.165, 1.54) is 23.7 Å². The largest absolute Gasteiger partial charge is 0.481 e. The number of nitrogens with zero attached hydrogens (tertiary/aromatic N) is 1. The summed E-state index contributed by atoms with van der Waals surface area (Å²) in [5.74, 6) is -0.736. The van der Waals surface area contributed by atoms with Crippen LogP contribution in [0, 0.1) is 0 Å². The molecule has 3 nitrogen and oxygen atoms in total. The Bertz CT molecular complexity index is 567. The molecule has 1 aliphatic carbocycles. The van der Waals surface area contributed by atoms with Crippen molar-refractivity contribution in [2.75, 3.05) is 0 Å². The van der Waals surface area contributed by atoms with Gasteiger partial charge in [0.1, 0.15) is 0 Å². The van der Waals surface area contributed by atoms with E-state index in [0.29, 0.717) is 12.5 Å². The second kappa shape index (κ2) is 3.91. The summed E-state index contributed by atoms with van der Waals surface area (Å²) in [6.07, 6.45) is 5.52. The number of hydrogen-bond donors (Lipinski definition) is 1. The highest BCUT2D eigenvalue weighted by Crippen LogP contribution is 2.37. The molecule has 1 aromatic heterocycles. The highest BCUT2D eigenvalue weighted by Gasteiger charge is 2.24. The molecule has 0 amide bonds. The van der Waals surface area contributed by atoms with Crippen LogP contribution >= 0.6 is 0 Å². The molecule has 0 unspecified atom stereocenters. The summed E-state index contributed by atoms with van der Waals surface area (Å²) in [7, 11) is 0. The monoisotopic (exact) mass is 229 g/mol. The number of carboxylic acid groups (broad SMARTS) is 1. The molecule has 1 aliphatic rings. The molecule has 0 radical (unpaired) electrons. The van der Waals surface area contributed by atoms with Gasteiger partial charge in [0, 0.05) is 24.2 Å². The number of hydrogen-bond acceptors (Lipinski definition) is 1. The number of fused-ring (bicyclic) bond motifs is 1. The van der Waals surface area contributed by atoms with Gasteiger partial charge in [-0.3, -0.25) is 4.79 Å². The zero-order chi connectivity index (χ0) is 11.8. The third kappa shape index (κ3) is 2.05. The first-order chi connectivity index (χ1) is 8.24. The Balaban J connectivity index is 1.89. The third-order valence-corrected chi connectivity index (χ3v) is 3.35. The SMILES string of the molecule is O=C(O)CCc1ccc2c(ccn2C2CC2)c1. The standard InChI is InChI=1S/C14H15NO2/c16-14(17)6-2-10-1-5-13-11(9-10)7-8-15(13)12-3-4-12/h1,5,7-9,12H,2-4,6H2,(H,16,17). The number of aryl methyl sites for hydroxylation is 1. The van der Waals surface area contributed by atoms with Crippen LogP contribution in [0.15, 0.2) is 30.5 Å². The molecule has 1 saturated carbocycles. The zero-order valence-corrected chi connectivity index (χ0v) is 9.60. The summed E-state index contributed by atoms with van der Waals surface area (Å²) in [5, 5.41) is 9.89. The van der Waals surface area contributed by atoms with Crippen LogP contribution in [0.3, 0.4) is 0 Å². The number of benzene rings is 1. The highest BCUT2D eigenvalue weighted by molar-refractivity contribution is 5.81. The van der Waals surface area contributed by atoms with Gasteiger partial charge in [0.2, 0.25) is 0 Å². The Morgan fingerprint density at radius 3 is 2.88 bits per heavy atom. The van der Waals surface area contributed by atoms with Gasteiger partial charge in [0.25, 0.3) is 0 Å². The Morgan fingerprint density at radius 1 is 1.35 bits per heavy atom. The lowest BCUT2D eigenvalue weighted by molar-refractivity contribution is -0.136.